The zero-order valence-electron chi connectivity index (χ0n) is 15.7. The highest BCUT2D eigenvalue weighted by molar-refractivity contribution is 7.15. The van der Waals surface area contributed by atoms with Crippen LogP contribution in [-0.2, 0) is 9.59 Å². The van der Waals surface area contributed by atoms with Crippen LogP contribution in [0.25, 0.3) is 0 Å². The summed E-state index contributed by atoms with van der Waals surface area (Å²) in [7, 11) is 0. The van der Waals surface area contributed by atoms with Gasteiger partial charge >= 0.3 is 0 Å². The second-order valence-electron chi connectivity index (χ2n) is 6.15. The molecule has 7 heteroatoms. The van der Waals surface area contributed by atoms with E-state index >= 15 is 0 Å². The van der Waals surface area contributed by atoms with E-state index in [-0.39, 0.29) is 24.3 Å². The number of carbonyl (C=O) groups is 2. The molecule has 1 rings (SSSR count). The number of hydrogen-bond acceptors (Lipinski definition) is 5. The number of rotatable bonds is 9. The maximum Gasteiger partial charge on any atom is 0.245 e. The number of aromatic nitrogens is 1. The van der Waals surface area contributed by atoms with E-state index in [1.165, 1.54) is 11.3 Å². The van der Waals surface area contributed by atoms with E-state index in [9.17, 15) is 9.59 Å². The van der Waals surface area contributed by atoms with Crippen molar-refractivity contribution < 1.29 is 9.59 Å². The van der Waals surface area contributed by atoms with Crippen LogP contribution in [0.2, 0.25) is 0 Å². The van der Waals surface area contributed by atoms with E-state index in [4.69, 9.17) is 0 Å². The Kier molecular flexibility index (Phi) is 8.35. The topological polar surface area (TPSA) is 65.5 Å². The van der Waals surface area contributed by atoms with Crippen molar-refractivity contribution in [1.82, 2.24) is 14.8 Å². The van der Waals surface area contributed by atoms with Gasteiger partial charge in [0.2, 0.25) is 11.8 Å². The zero-order chi connectivity index (χ0) is 18.3. The smallest absolute Gasteiger partial charge is 0.245 e. The normalized spacial score (nSPS) is 11.2. The van der Waals surface area contributed by atoms with Gasteiger partial charge in [-0.3, -0.25) is 9.59 Å². The Morgan fingerprint density at radius 2 is 1.79 bits per heavy atom. The van der Waals surface area contributed by atoms with E-state index in [2.05, 4.69) is 29.0 Å². The maximum absolute atomic E-state index is 12.4. The zero-order valence-corrected chi connectivity index (χ0v) is 16.5. The fraction of sp³-hybridized carbons (Fsp3) is 0.706. The molecule has 0 aromatic carbocycles. The van der Waals surface area contributed by atoms with Gasteiger partial charge < -0.3 is 15.1 Å². The molecule has 0 aliphatic rings. The van der Waals surface area contributed by atoms with Gasteiger partial charge in [0.05, 0.1) is 12.2 Å². The fourth-order valence-corrected chi connectivity index (χ4v) is 3.12. The SMILES string of the molecule is CCN(CC)CCN(CC(=O)Nc1nc(C)c(C)s1)C(=O)C(C)C. The number of hydrogen-bond donors (Lipinski definition) is 1. The Bertz CT molecular complexity index is 533. The molecule has 0 atom stereocenters. The third-order valence-electron chi connectivity index (χ3n) is 4.00. The van der Waals surface area contributed by atoms with Crippen LogP contribution in [0.4, 0.5) is 5.13 Å². The summed E-state index contributed by atoms with van der Waals surface area (Å²) in [6.45, 7) is 15.1. The number of aryl methyl sites for hydroxylation is 2. The van der Waals surface area contributed by atoms with Crippen molar-refractivity contribution in [3.8, 4) is 0 Å². The van der Waals surface area contributed by atoms with E-state index in [0.29, 0.717) is 11.7 Å². The van der Waals surface area contributed by atoms with Crippen LogP contribution in [-0.4, -0.2) is 59.3 Å². The molecule has 6 nitrogen and oxygen atoms in total. The molecule has 1 N–H and O–H groups in total. The summed E-state index contributed by atoms with van der Waals surface area (Å²) in [6, 6.07) is 0. The van der Waals surface area contributed by atoms with Gasteiger partial charge in [-0.15, -0.1) is 11.3 Å². The summed E-state index contributed by atoms with van der Waals surface area (Å²) < 4.78 is 0. The quantitative estimate of drug-likeness (QED) is 0.740. The highest BCUT2D eigenvalue weighted by Gasteiger charge is 2.21. The van der Waals surface area contributed by atoms with Crippen molar-refractivity contribution in [2.24, 2.45) is 5.92 Å². The van der Waals surface area contributed by atoms with Gasteiger partial charge in [0, 0.05) is 23.9 Å². The van der Waals surface area contributed by atoms with Crippen LogP contribution in [0.15, 0.2) is 0 Å². The lowest BCUT2D eigenvalue weighted by molar-refractivity contribution is -0.137. The first kappa shape index (κ1) is 20.6. The summed E-state index contributed by atoms with van der Waals surface area (Å²) in [5.41, 5.74) is 0.923. The van der Waals surface area contributed by atoms with Crippen LogP contribution in [0.3, 0.4) is 0 Å². The Balaban J connectivity index is 2.68. The third-order valence-corrected chi connectivity index (χ3v) is 4.98. The molecule has 0 aliphatic heterocycles. The Labute approximate surface area is 149 Å². The molecule has 0 bridgehead atoms. The summed E-state index contributed by atoms with van der Waals surface area (Å²) in [6.07, 6.45) is 0. The van der Waals surface area contributed by atoms with E-state index in [1.54, 1.807) is 4.90 Å². The molecule has 0 saturated carbocycles. The van der Waals surface area contributed by atoms with Gasteiger partial charge in [0.1, 0.15) is 0 Å². The number of nitrogens with zero attached hydrogens (tertiary/aromatic N) is 3. The number of thiazole rings is 1. The second-order valence-corrected chi connectivity index (χ2v) is 7.35. The molecule has 136 valence electrons. The first-order valence-electron chi connectivity index (χ1n) is 8.53. The van der Waals surface area contributed by atoms with Gasteiger partial charge in [0.25, 0.3) is 0 Å². The van der Waals surface area contributed by atoms with E-state index in [1.807, 2.05) is 27.7 Å². The molecule has 0 unspecified atom stereocenters. The highest BCUT2D eigenvalue weighted by atomic mass is 32.1. The predicted molar refractivity (Wildman–Crippen MR) is 99.4 cm³/mol. The van der Waals surface area contributed by atoms with Crippen molar-refractivity contribution in [3.63, 3.8) is 0 Å². The Morgan fingerprint density at radius 3 is 2.25 bits per heavy atom. The van der Waals surface area contributed by atoms with Crippen LogP contribution in [0, 0.1) is 19.8 Å². The van der Waals surface area contributed by atoms with Crippen molar-refractivity contribution >= 4 is 28.3 Å². The average molecular weight is 355 g/mol. The van der Waals surface area contributed by atoms with Crippen LogP contribution in [0.1, 0.15) is 38.3 Å². The molecule has 0 aliphatic carbocycles. The minimum atomic E-state index is -0.197. The third kappa shape index (κ3) is 6.20. The Morgan fingerprint density at radius 1 is 1.17 bits per heavy atom. The second kappa shape index (κ2) is 9.74. The number of anilines is 1. The van der Waals surface area contributed by atoms with Crippen molar-refractivity contribution in [2.75, 3.05) is 38.0 Å². The number of nitrogens with one attached hydrogen (secondary N) is 1. The molecule has 1 aromatic heterocycles. The summed E-state index contributed by atoms with van der Waals surface area (Å²) in [5, 5.41) is 3.40. The maximum atomic E-state index is 12.4. The standard InChI is InChI=1S/C17H30N4O2S/c1-7-20(8-2)9-10-21(16(23)12(3)4)11-15(22)19-17-18-13(5)14(6)24-17/h12H,7-11H2,1-6H3,(H,18,19,22). The van der Waals surface area contributed by atoms with Gasteiger partial charge in [-0.25, -0.2) is 4.98 Å². The molecule has 0 spiro atoms. The lowest BCUT2D eigenvalue weighted by Gasteiger charge is -2.27. The lowest BCUT2D eigenvalue weighted by atomic mass is 10.2. The molecule has 24 heavy (non-hydrogen) atoms. The monoisotopic (exact) mass is 354 g/mol. The van der Waals surface area contributed by atoms with Gasteiger partial charge in [-0.2, -0.15) is 0 Å². The highest BCUT2D eigenvalue weighted by Crippen LogP contribution is 2.20. The first-order valence-corrected chi connectivity index (χ1v) is 9.35. The van der Waals surface area contributed by atoms with Crippen LogP contribution in [0.5, 0.6) is 0 Å². The van der Waals surface area contributed by atoms with Crippen LogP contribution >= 0.6 is 11.3 Å². The Hall–Kier alpha value is -1.47. The fourth-order valence-electron chi connectivity index (χ4n) is 2.29. The number of amides is 2. The molecule has 1 aromatic rings. The molecule has 2 amide bonds. The van der Waals surface area contributed by atoms with Crippen molar-refractivity contribution in [2.45, 2.75) is 41.5 Å². The predicted octanol–water partition coefficient (Wildman–Crippen LogP) is 2.52. The summed E-state index contributed by atoms with van der Waals surface area (Å²) in [5.74, 6) is -0.319. The van der Waals surface area contributed by atoms with E-state index in [0.717, 1.165) is 30.2 Å². The minimum Gasteiger partial charge on any atom is -0.332 e. The van der Waals surface area contributed by atoms with Gasteiger partial charge in [-0.1, -0.05) is 27.7 Å². The molecular weight excluding hydrogens is 324 g/mol. The number of carbonyl (C=O) groups excluding carboxylic acids is 2. The molecule has 0 fully saturated rings. The first-order chi connectivity index (χ1) is 11.3. The molecule has 0 radical (unpaired) electrons. The van der Waals surface area contributed by atoms with Crippen LogP contribution < -0.4 is 5.32 Å². The van der Waals surface area contributed by atoms with E-state index < -0.39 is 0 Å². The number of likely N-dealkylation sites (N-methyl/N-ethyl adjacent to an activating group) is 1. The molecular formula is C17H30N4O2S. The summed E-state index contributed by atoms with van der Waals surface area (Å²) in [4.78, 5) is 34.0. The summed E-state index contributed by atoms with van der Waals surface area (Å²) >= 11 is 1.46. The minimum absolute atomic E-state index is 0.00352. The van der Waals surface area contributed by atoms with Gasteiger partial charge in [0.15, 0.2) is 5.13 Å². The van der Waals surface area contributed by atoms with Crippen molar-refractivity contribution in [1.29, 1.82) is 0 Å². The van der Waals surface area contributed by atoms with Gasteiger partial charge in [-0.05, 0) is 26.9 Å². The molecule has 0 saturated heterocycles. The largest absolute Gasteiger partial charge is 0.332 e. The van der Waals surface area contributed by atoms with Crippen molar-refractivity contribution in [3.05, 3.63) is 10.6 Å². The average Bonchev–Trinajstić information content (AvgIpc) is 2.83. The molecule has 1 heterocycles. The lowest BCUT2D eigenvalue weighted by Crippen LogP contribution is -2.44.